The zero-order valence-electron chi connectivity index (χ0n) is 19.8. The van der Waals surface area contributed by atoms with Gasteiger partial charge >= 0.3 is 0 Å². The zero-order chi connectivity index (χ0) is 26.6. The van der Waals surface area contributed by atoms with Gasteiger partial charge in [0.25, 0.3) is 0 Å². The van der Waals surface area contributed by atoms with Crippen molar-refractivity contribution in [2.24, 2.45) is 0 Å². The Morgan fingerprint density at radius 2 is 1.74 bits per heavy atom. The maximum atomic E-state index is 10.1. The minimum absolute atomic E-state index is 0.0255. The van der Waals surface area contributed by atoms with Crippen LogP contribution in [0.5, 0.6) is 5.75 Å². The summed E-state index contributed by atoms with van der Waals surface area (Å²) < 4.78 is 16.6. The van der Waals surface area contributed by atoms with E-state index in [0.29, 0.717) is 50.9 Å². The summed E-state index contributed by atoms with van der Waals surface area (Å²) in [5.74, 6) is 1.36. The van der Waals surface area contributed by atoms with Gasteiger partial charge in [0.1, 0.15) is 52.8 Å². The van der Waals surface area contributed by atoms with Gasteiger partial charge in [-0.15, -0.1) is 0 Å². The van der Waals surface area contributed by atoms with Crippen LogP contribution in [0.4, 0.5) is 5.82 Å². The number of hydrogen-bond donors (Lipinski definition) is 2. The maximum Gasteiger partial charge on any atom is 0.226 e. The third kappa shape index (κ3) is 5.30. The number of pyridine rings is 1. The van der Waals surface area contributed by atoms with Crippen LogP contribution in [-0.2, 0) is 10.5 Å². The number of ether oxygens (including phenoxy) is 2. The van der Waals surface area contributed by atoms with Gasteiger partial charge in [0, 0.05) is 21.9 Å². The molecule has 0 bridgehead atoms. The third-order valence-electron chi connectivity index (χ3n) is 5.85. The van der Waals surface area contributed by atoms with Crippen LogP contribution in [-0.4, -0.2) is 40.5 Å². The molecule has 11 heteroatoms. The largest absolute Gasteiger partial charge is 0.485 e. The molecule has 4 aromatic rings. The number of rotatable bonds is 7. The lowest BCUT2D eigenvalue weighted by molar-refractivity contribution is 0.0733. The number of aliphatic hydroxyl groups excluding tert-OH is 1. The Labute approximate surface area is 227 Å². The number of nitrogen functional groups attached to an aromatic ring is 1. The second-order valence-electron chi connectivity index (χ2n) is 8.38. The molecule has 0 radical (unpaired) electrons. The molecule has 1 aliphatic rings. The first-order chi connectivity index (χ1) is 18.5. The molecule has 3 N–H and O–H groups in total. The summed E-state index contributed by atoms with van der Waals surface area (Å²) in [5.41, 5.74) is 8.92. The number of nitrogens with two attached hydrogens (primary N) is 1. The van der Waals surface area contributed by atoms with Crippen molar-refractivity contribution in [3.05, 3.63) is 76.6 Å². The van der Waals surface area contributed by atoms with Gasteiger partial charge in [-0.25, -0.2) is 9.97 Å². The van der Waals surface area contributed by atoms with E-state index in [1.807, 2.05) is 12.1 Å². The number of oxazole rings is 1. The number of hydrogen-bond acceptors (Lipinski definition) is 10. The molecule has 0 aliphatic carbocycles. The van der Waals surface area contributed by atoms with Crippen molar-refractivity contribution in [3.8, 4) is 40.5 Å². The fraction of sp³-hybridized carbons (Fsp3) is 0.185. The molecule has 2 atom stereocenters. The first kappa shape index (κ1) is 25.6. The van der Waals surface area contributed by atoms with Gasteiger partial charge < -0.3 is 24.7 Å². The van der Waals surface area contributed by atoms with E-state index in [0.717, 1.165) is 5.56 Å². The van der Waals surface area contributed by atoms with Gasteiger partial charge in [-0.05, 0) is 42.0 Å². The number of aliphatic hydroxyl groups is 1. The number of halogens is 1. The van der Waals surface area contributed by atoms with E-state index in [4.69, 9.17) is 31.2 Å². The molecule has 1 aliphatic heterocycles. The van der Waals surface area contributed by atoms with E-state index in [-0.39, 0.29) is 23.6 Å². The summed E-state index contributed by atoms with van der Waals surface area (Å²) >= 11 is 7.22. The number of benzene rings is 2. The lowest BCUT2D eigenvalue weighted by atomic mass is 9.97. The van der Waals surface area contributed by atoms with Crippen molar-refractivity contribution in [2.75, 3.05) is 18.9 Å². The Hall–Kier alpha value is -4.06. The Balaban J connectivity index is 1.40. The van der Waals surface area contributed by atoms with Crippen LogP contribution in [0.3, 0.4) is 0 Å². The van der Waals surface area contributed by atoms with Gasteiger partial charge in [0.05, 0.1) is 24.5 Å². The summed E-state index contributed by atoms with van der Waals surface area (Å²) in [7, 11) is 0. The van der Waals surface area contributed by atoms with Gasteiger partial charge in [-0.2, -0.15) is 10.5 Å². The highest BCUT2D eigenvalue weighted by atomic mass is 35.5. The van der Waals surface area contributed by atoms with Crippen LogP contribution >= 0.6 is 23.4 Å². The fourth-order valence-electron chi connectivity index (χ4n) is 3.94. The van der Waals surface area contributed by atoms with E-state index in [1.165, 1.54) is 11.8 Å². The number of nitriles is 2. The molecule has 1 fully saturated rings. The summed E-state index contributed by atoms with van der Waals surface area (Å²) in [6.45, 7) is 0.529. The third-order valence-corrected chi connectivity index (χ3v) is 7.11. The summed E-state index contributed by atoms with van der Waals surface area (Å²) in [5, 5.41) is 30.8. The van der Waals surface area contributed by atoms with Crippen LogP contribution in [0, 0.1) is 22.7 Å². The van der Waals surface area contributed by atoms with E-state index in [2.05, 4.69) is 22.1 Å². The van der Waals surface area contributed by atoms with E-state index < -0.39 is 12.2 Å². The monoisotopic (exact) mass is 545 g/mol. The molecule has 0 saturated carbocycles. The van der Waals surface area contributed by atoms with Crippen LogP contribution in [0.2, 0.25) is 5.02 Å². The molecule has 5 rings (SSSR count). The van der Waals surface area contributed by atoms with Crippen LogP contribution in [0.25, 0.3) is 22.6 Å². The predicted molar refractivity (Wildman–Crippen MR) is 141 cm³/mol. The van der Waals surface area contributed by atoms with Crippen molar-refractivity contribution < 1.29 is 19.0 Å². The molecule has 1 saturated heterocycles. The minimum atomic E-state index is -0.698. The highest BCUT2D eigenvalue weighted by molar-refractivity contribution is 7.98. The number of aromatic nitrogens is 2. The lowest BCUT2D eigenvalue weighted by Crippen LogP contribution is -2.29. The summed E-state index contributed by atoms with van der Waals surface area (Å²) in [6.07, 6.45) is 0.389. The normalized spacial score (nSPS) is 16.6. The number of thioether (sulfide) groups is 1. The van der Waals surface area contributed by atoms with Crippen molar-refractivity contribution >= 4 is 29.2 Å². The molecule has 2 aromatic heterocycles. The maximum absolute atomic E-state index is 10.1. The van der Waals surface area contributed by atoms with E-state index >= 15 is 0 Å². The van der Waals surface area contributed by atoms with Crippen LogP contribution in [0.1, 0.15) is 16.8 Å². The molecule has 0 amide bonds. The molecule has 2 aromatic carbocycles. The Bertz CT molecular complexity index is 1540. The van der Waals surface area contributed by atoms with Crippen molar-refractivity contribution in [2.45, 2.75) is 23.0 Å². The highest BCUT2D eigenvalue weighted by Gasteiger charge is 2.28. The average molecular weight is 546 g/mol. The molecule has 9 nitrogen and oxygen atoms in total. The quantitative estimate of drug-likeness (QED) is 0.309. The fourth-order valence-corrected chi connectivity index (χ4v) is 4.94. The minimum Gasteiger partial charge on any atom is -0.485 e. The molecule has 3 heterocycles. The first-order valence-corrected chi connectivity index (χ1v) is 12.8. The lowest BCUT2D eigenvalue weighted by Gasteiger charge is -2.16. The number of anilines is 1. The van der Waals surface area contributed by atoms with Crippen molar-refractivity contribution in [3.63, 3.8) is 0 Å². The molecular weight excluding hydrogens is 526 g/mol. The van der Waals surface area contributed by atoms with E-state index in [9.17, 15) is 15.6 Å². The topological polar surface area (TPSA) is 151 Å². The van der Waals surface area contributed by atoms with Crippen molar-refractivity contribution in [1.29, 1.82) is 10.5 Å². The molecule has 2 unspecified atom stereocenters. The molecule has 38 heavy (non-hydrogen) atoms. The standard InChI is InChI=1S/C27H20ClN5O4S/c28-17-5-1-16(2-6-17)26-32-18(11-36-26)14-38-27-21(10-30)24(20(9-29)25(31)33-27)15-3-7-19(8-4-15)37-23-13-35-12-22(23)34/h1-8,11,22-23,34H,12-14H2,(H2,31,33). The van der Waals surface area contributed by atoms with E-state index in [1.54, 1.807) is 42.7 Å². The second-order valence-corrected chi connectivity index (χ2v) is 9.78. The van der Waals surface area contributed by atoms with Gasteiger partial charge in [0.15, 0.2) is 0 Å². The van der Waals surface area contributed by atoms with Crippen LogP contribution < -0.4 is 10.5 Å². The highest BCUT2D eigenvalue weighted by Crippen LogP contribution is 2.37. The smallest absolute Gasteiger partial charge is 0.226 e. The van der Waals surface area contributed by atoms with Crippen LogP contribution in [0.15, 0.2) is 64.2 Å². The molecule has 0 spiro atoms. The van der Waals surface area contributed by atoms with Crippen molar-refractivity contribution in [1.82, 2.24) is 9.97 Å². The summed E-state index contributed by atoms with van der Waals surface area (Å²) in [4.78, 5) is 8.85. The second kappa shape index (κ2) is 11.1. The molecular formula is C27H20ClN5O4S. The Morgan fingerprint density at radius 1 is 1.03 bits per heavy atom. The Morgan fingerprint density at radius 3 is 2.39 bits per heavy atom. The predicted octanol–water partition coefficient (Wildman–Crippen LogP) is 4.81. The van der Waals surface area contributed by atoms with Gasteiger partial charge in [-0.3, -0.25) is 0 Å². The van der Waals surface area contributed by atoms with Gasteiger partial charge in [0.2, 0.25) is 5.89 Å². The first-order valence-electron chi connectivity index (χ1n) is 11.5. The van der Waals surface area contributed by atoms with Gasteiger partial charge in [-0.1, -0.05) is 35.5 Å². The Kier molecular flexibility index (Phi) is 7.50. The molecule has 190 valence electrons. The average Bonchev–Trinajstić information content (AvgIpc) is 3.57. The zero-order valence-corrected chi connectivity index (χ0v) is 21.4. The number of nitrogens with zero attached hydrogens (tertiary/aromatic N) is 4. The summed E-state index contributed by atoms with van der Waals surface area (Å²) in [6, 6.07) is 18.3. The SMILES string of the molecule is N#Cc1c(N)nc(SCc2coc(-c3ccc(Cl)cc3)n2)c(C#N)c1-c1ccc(OC2COCC2O)cc1.